The number of oxazole rings is 1. The predicted octanol–water partition coefficient (Wildman–Crippen LogP) is 14.1. The number of aromatic nitrogens is 1. The van der Waals surface area contributed by atoms with Gasteiger partial charge >= 0.3 is 0 Å². The average molecular weight is 695 g/mol. The summed E-state index contributed by atoms with van der Waals surface area (Å²) in [5, 5.41) is 4.10. The van der Waals surface area contributed by atoms with Crippen molar-refractivity contribution in [1.29, 1.82) is 0 Å². The molecule has 0 aliphatic rings. The fourth-order valence-electron chi connectivity index (χ4n) is 7.80. The summed E-state index contributed by atoms with van der Waals surface area (Å²) in [5.74, 6) is 0.579. The summed E-state index contributed by atoms with van der Waals surface area (Å²) in [7, 11) is 0. The molecule has 0 amide bonds. The highest BCUT2D eigenvalue weighted by molar-refractivity contribution is 6.16. The maximum atomic E-state index is 6.59. The van der Waals surface area contributed by atoms with Crippen molar-refractivity contribution in [3.8, 4) is 33.7 Å². The molecule has 8 aromatic carbocycles. The molecule has 0 fully saturated rings. The van der Waals surface area contributed by atoms with Crippen LogP contribution >= 0.6 is 0 Å². The van der Waals surface area contributed by atoms with Crippen molar-refractivity contribution in [2.24, 2.45) is 0 Å². The molecule has 0 atom stereocenters. The van der Waals surface area contributed by atoms with Crippen molar-refractivity contribution in [2.75, 3.05) is 4.90 Å². The topological polar surface area (TPSA) is 55.6 Å². The van der Waals surface area contributed by atoms with Gasteiger partial charge in [0.2, 0.25) is 5.89 Å². The van der Waals surface area contributed by atoms with E-state index >= 15 is 0 Å². The monoisotopic (exact) mass is 694 g/mol. The van der Waals surface area contributed by atoms with Crippen LogP contribution in [0.25, 0.3) is 88.7 Å². The summed E-state index contributed by atoms with van der Waals surface area (Å²) in [5.41, 5.74) is 13.1. The van der Waals surface area contributed by atoms with E-state index in [2.05, 4.69) is 132 Å². The first kappa shape index (κ1) is 30.3. The number of hydrogen-bond acceptors (Lipinski definition) is 5. The van der Waals surface area contributed by atoms with E-state index < -0.39 is 0 Å². The predicted molar refractivity (Wildman–Crippen MR) is 220 cm³/mol. The van der Waals surface area contributed by atoms with Gasteiger partial charge in [-0.2, -0.15) is 0 Å². The summed E-state index contributed by atoms with van der Waals surface area (Å²) in [6, 6.07) is 62.8. The lowest BCUT2D eigenvalue weighted by Gasteiger charge is -2.27. The molecule has 5 heteroatoms. The van der Waals surface area contributed by atoms with Crippen molar-refractivity contribution in [1.82, 2.24) is 4.98 Å². The standard InChI is InChI=1S/C49H30N2O3/c1-4-13-31(14-5-1)36-25-23-34(27-39(36)32-15-6-2-7-16-32)51(35-24-26-38-37-19-10-11-21-43(37)52-45(38)28-35)42-20-12-22-44-48(42)40-29-47-41(30-46(40)53-44)50-49(54-47)33-17-8-3-9-18-33/h1-30H. The summed E-state index contributed by atoms with van der Waals surface area (Å²) >= 11 is 0. The van der Waals surface area contributed by atoms with Gasteiger partial charge < -0.3 is 18.2 Å². The number of furan rings is 2. The normalized spacial score (nSPS) is 11.7. The van der Waals surface area contributed by atoms with Gasteiger partial charge in [0.05, 0.1) is 11.1 Å². The van der Waals surface area contributed by atoms with Gasteiger partial charge in [0, 0.05) is 45.2 Å². The Balaban J connectivity index is 1.17. The zero-order valence-electron chi connectivity index (χ0n) is 28.9. The molecule has 11 aromatic rings. The molecule has 0 N–H and O–H groups in total. The molecule has 54 heavy (non-hydrogen) atoms. The van der Waals surface area contributed by atoms with Crippen LogP contribution in [0, 0.1) is 0 Å². The lowest BCUT2D eigenvalue weighted by molar-refractivity contribution is 0.620. The van der Waals surface area contributed by atoms with E-state index in [0.717, 1.165) is 94.3 Å². The van der Waals surface area contributed by atoms with E-state index in [-0.39, 0.29) is 0 Å². The number of hydrogen-bond donors (Lipinski definition) is 0. The molecule has 0 bridgehead atoms. The number of fused-ring (bicyclic) bond motifs is 7. The molecule has 0 aliphatic heterocycles. The Morgan fingerprint density at radius 1 is 0.370 bits per heavy atom. The van der Waals surface area contributed by atoms with Crippen LogP contribution in [0.3, 0.4) is 0 Å². The molecule has 0 spiro atoms. The minimum Gasteiger partial charge on any atom is -0.456 e. The Kier molecular flexibility index (Phi) is 6.79. The fourth-order valence-corrected chi connectivity index (χ4v) is 7.80. The van der Waals surface area contributed by atoms with Gasteiger partial charge in [-0.3, -0.25) is 0 Å². The fraction of sp³-hybridized carbons (Fsp3) is 0. The van der Waals surface area contributed by atoms with Crippen molar-refractivity contribution >= 4 is 72.0 Å². The third kappa shape index (κ3) is 4.90. The number of anilines is 3. The second kappa shape index (κ2) is 12.1. The van der Waals surface area contributed by atoms with Gasteiger partial charge in [-0.25, -0.2) is 4.98 Å². The second-order valence-electron chi connectivity index (χ2n) is 13.5. The first-order chi connectivity index (χ1) is 26.7. The van der Waals surface area contributed by atoms with E-state index in [0.29, 0.717) is 11.5 Å². The number of rotatable bonds is 6. The van der Waals surface area contributed by atoms with E-state index in [1.165, 1.54) is 0 Å². The van der Waals surface area contributed by atoms with E-state index in [1.807, 2.05) is 54.6 Å². The van der Waals surface area contributed by atoms with Gasteiger partial charge in [-0.15, -0.1) is 0 Å². The maximum Gasteiger partial charge on any atom is 0.227 e. The smallest absolute Gasteiger partial charge is 0.227 e. The molecule has 5 nitrogen and oxygen atoms in total. The Hall–Kier alpha value is -7.37. The summed E-state index contributed by atoms with van der Waals surface area (Å²) in [6.45, 7) is 0. The van der Waals surface area contributed by atoms with Crippen LogP contribution in [0.4, 0.5) is 17.1 Å². The van der Waals surface area contributed by atoms with Gasteiger partial charge in [-0.1, -0.05) is 109 Å². The third-order valence-corrected chi connectivity index (χ3v) is 10.3. The molecule has 0 saturated carbocycles. The maximum absolute atomic E-state index is 6.59. The van der Waals surface area contributed by atoms with Crippen LogP contribution in [0.15, 0.2) is 195 Å². The molecule has 0 radical (unpaired) electrons. The average Bonchev–Trinajstić information content (AvgIpc) is 3.94. The lowest BCUT2D eigenvalue weighted by Crippen LogP contribution is -2.10. The molecule has 11 rings (SSSR count). The van der Waals surface area contributed by atoms with Gasteiger partial charge in [0.25, 0.3) is 0 Å². The molecule has 0 unspecified atom stereocenters. The first-order valence-electron chi connectivity index (χ1n) is 18.0. The van der Waals surface area contributed by atoms with E-state index in [9.17, 15) is 0 Å². The summed E-state index contributed by atoms with van der Waals surface area (Å²) in [4.78, 5) is 7.14. The van der Waals surface area contributed by atoms with E-state index in [4.69, 9.17) is 18.2 Å². The second-order valence-corrected chi connectivity index (χ2v) is 13.5. The number of para-hydroxylation sites is 1. The SMILES string of the molecule is c1ccc(-c2nc3cc4oc5cccc(N(c6ccc(-c7ccccc7)c(-c7ccccc7)c6)c6ccc7c(c6)oc6ccccc67)c5c4cc3o2)cc1. The molecule has 3 heterocycles. The molecular formula is C49H30N2O3. The van der Waals surface area contributed by atoms with Crippen LogP contribution in [0.1, 0.15) is 0 Å². The number of benzene rings is 8. The summed E-state index contributed by atoms with van der Waals surface area (Å²) < 4.78 is 19.4. The van der Waals surface area contributed by atoms with Gasteiger partial charge in [-0.05, 0) is 82.9 Å². The quantitative estimate of drug-likeness (QED) is 0.173. The zero-order valence-corrected chi connectivity index (χ0v) is 28.9. The molecule has 0 saturated heterocycles. The molecular weight excluding hydrogens is 665 g/mol. The van der Waals surface area contributed by atoms with Gasteiger partial charge in [0.1, 0.15) is 27.8 Å². The Bertz CT molecular complexity index is 3160. The Morgan fingerprint density at radius 2 is 0.981 bits per heavy atom. The highest BCUT2D eigenvalue weighted by atomic mass is 16.4. The highest BCUT2D eigenvalue weighted by Crippen LogP contribution is 2.47. The minimum atomic E-state index is 0.579. The van der Waals surface area contributed by atoms with Crippen molar-refractivity contribution in [2.45, 2.75) is 0 Å². The largest absolute Gasteiger partial charge is 0.456 e. The number of nitrogens with zero attached hydrogens (tertiary/aromatic N) is 2. The van der Waals surface area contributed by atoms with Crippen LogP contribution in [-0.2, 0) is 0 Å². The minimum absolute atomic E-state index is 0.579. The van der Waals surface area contributed by atoms with Crippen molar-refractivity contribution in [3.63, 3.8) is 0 Å². The highest BCUT2D eigenvalue weighted by Gasteiger charge is 2.23. The van der Waals surface area contributed by atoms with Crippen LogP contribution in [-0.4, -0.2) is 4.98 Å². The third-order valence-electron chi connectivity index (χ3n) is 10.3. The van der Waals surface area contributed by atoms with E-state index in [1.54, 1.807) is 0 Å². The lowest BCUT2D eigenvalue weighted by atomic mass is 9.93. The Labute approximate surface area is 309 Å². The Morgan fingerprint density at radius 3 is 1.78 bits per heavy atom. The van der Waals surface area contributed by atoms with Crippen molar-refractivity contribution in [3.05, 3.63) is 182 Å². The molecule has 0 aliphatic carbocycles. The van der Waals surface area contributed by atoms with Crippen LogP contribution in [0.5, 0.6) is 0 Å². The molecule has 3 aromatic heterocycles. The van der Waals surface area contributed by atoms with Crippen molar-refractivity contribution < 1.29 is 13.3 Å². The molecule has 254 valence electrons. The summed E-state index contributed by atoms with van der Waals surface area (Å²) in [6.07, 6.45) is 0. The van der Waals surface area contributed by atoms with Gasteiger partial charge in [0.15, 0.2) is 5.58 Å². The van der Waals surface area contributed by atoms with Crippen LogP contribution < -0.4 is 4.90 Å². The zero-order chi connectivity index (χ0) is 35.6. The first-order valence-corrected chi connectivity index (χ1v) is 18.0. The van der Waals surface area contributed by atoms with Crippen LogP contribution in [0.2, 0.25) is 0 Å².